The molecule has 0 atom stereocenters. The number of hydrogen-bond acceptors (Lipinski definition) is 1. The average Bonchev–Trinajstić information content (AvgIpc) is 2.05. The SMILES string of the molecule is C=CC=N/C(CC)=C(/C)C=C. The molecule has 0 radical (unpaired) electrons. The van der Waals surface area contributed by atoms with Crippen LogP contribution in [0, 0.1) is 0 Å². The first-order chi connectivity index (χ1) is 5.26. The van der Waals surface area contributed by atoms with Crippen LogP contribution in [0.5, 0.6) is 0 Å². The molecule has 0 amide bonds. The summed E-state index contributed by atoms with van der Waals surface area (Å²) in [5.41, 5.74) is 2.20. The van der Waals surface area contributed by atoms with Gasteiger partial charge in [0, 0.05) is 11.9 Å². The molecule has 1 nitrogen and oxygen atoms in total. The van der Waals surface area contributed by atoms with Crippen LogP contribution >= 0.6 is 0 Å². The third kappa shape index (κ3) is 3.56. The van der Waals surface area contributed by atoms with Gasteiger partial charge in [-0.2, -0.15) is 0 Å². The van der Waals surface area contributed by atoms with Crippen molar-refractivity contribution in [1.82, 2.24) is 0 Å². The third-order valence-electron chi connectivity index (χ3n) is 1.43. The number of allylic oxidation sites excluding steroid dienone is 4. The van der Waals surface area contributed by atoms with E-state index in [1.165, 1.54) is 0 Å². The molecule has 0 rings (SSSR count). The number of rotatable bonds is 4. The summed E-state index contributed by atoms with van der Waals surface area (Å²) < 4.78 is 0. The molecule has 0 saturated carbocycles. The van der Waals surface area contributed by atoms with Crippen molar-refractivity contribution >= 4 is 6.21 Å². The molecule has 0 aromatic rings. The van der Waals surface area contributed by atoms with Crippen molar-refractivity contribution < 1.29 is 0 Å². The third-order valence-corrected chi connectivity index (χ3v) is 1.43. The van der Waals surface area contributed by atoms with Gasteiger partial charge in [0.25, 0.3) is 0 Å². The highest BCUT2D eigenvalue weighted by atomic mass is 14.7. The van der Waals surface area contributed by atoms with E-state index in [1.807, 2.05) is 13.0 Å². The lowest BCUT2D eigenvalue weighted by Gasteiger charge is -1.98. The Morgan fingerprint density at radius 3 is 2.45 bits per heavy atom. The highest BCUT2D eigenvalue weighted by molar-refractivity contribution is 5.71. The topological polar surface area (TPSA) is 12.4 Å². The molecule has 1 heteroatoms. The molecule has 11 heavy (non-hydrogen) atoms. The van der Waals surface area contributed by atoms with Crippen LogP contribution in [0.4, 0.5) is 0 Å². The Morgan fingerprint density at radius 1 is 1.45 bits per heavy atom. The molecule has 0 aliphatic heterocycles. The zero-order valence-electron chi connectivity index (χ0n) is 7.30. The molecule has 0 aromatic heterocycles. The standard InChI is InChI=1S/C10H15N/c1-5-8-11-10(7-3)9(4)6-2/h5-6,8H,1-2,7H2,3-4H3/b10-9-,11-8?. The predicted molar refractivity (Wildman–Crippen MR) is 51.9 cm³/mol. The maximum absolute atomic E-state index is 4.20. The molecule has 60 valence electrons. The van der Waals surface area contributed by atoms with Gasteiger partial charge in [0.2, 0.25) is 0 Å². The Bertz CT molecular complexity index is 197. The van der Waals surface area contributed by atoms with E-state index in [-0.39, 0.29) is 0 Å². The lowest BCUT2D eigenvalue weighted by atomic mass is 10.2. The molecule has 0 unspecified atom stereocenters. The molecular formula is C10H15N. The number of nitrogens with zero attached hydrogens (tertiary/aromatic N) is 1. The normalized spacial score (nSPS) is 12.9. The van der Waals surface area contributed by atoms with Crippen molar-refractivity contribution in [3.8, 4) is 0 Å². The van der Waals surface area contributed by atoms with Gasteiger partial charge in [-0.15, -0.1) is 0 Å². The van der Waals surface area contributed by atoms with Crippen LogP contribution < -0.4 is 0 Å². The maximum Gasteiger partial charge on any atom is 0.0429 e. The van der Waals surface area contributed by atoms with Crippen LogP contribution in [0.25, 0.3) is 0 Å². The summed E-state index contributed by atoms with van der Waals surface area (Å²) in [6.07, 6.45) is 6.12. The van der Waals surface area contributed by atoms with E-state index in [9.17, 15) is 0 Å². The summed E-state index contributed by atoms with van der Waals surface area (Å²) >= 11 is 0. The first-order valence-electron chi connectivity index (χ1n) is 3.73. The second kappa shape index (κ2) is 5.66. The minimum Gasteiger partial charge on any atom is -0.261 e. The van der Waals surface area contributed by atoms with Gasteiger partial charge in [-0.25, -0.2) is 0 Å². The monoisotopic (exact) mass is 149 g/mol. The second-order valence-electron chi connectivity index (χ2n) is 2.20. The molecule has 0 heterocycles. The molecule has 0 aliphatic carbocycles. The first-order valence-corrected chi connectivity index (χ1v) is 3.73. The van der Waals surface area contributed by atoms with E-state index >= 15 is 0 Å². The molecule has 0 saturated heterocycles. The van der Waals surface area contributed by atoms with E-state index in [4.69, 9.17) is 0 Å². The summed E-state index contributed by atoms with van der Waals surface area (Å²) in [7, 11) is 0. The number of aliphatic imine (C=N–C) groups is 1. The van der Waals surface area contributed by atoms with Crippen molar-refractivity contribution in [2.45, 2.75) is 20.3 Å². The summed E-state index contributed by atoms with van der Waals surface area (Å²) in [5.74, 6) is 0. The van der Waals surface area contributed by atoms with Crippen molar-refractivity contribution in [2.24, 2.45) is 4.99 Å². The van der Waals surface area contributed by atoms with Gasteiger partial charge >= 0.3 is 0 Å². The quantitative estimate of drug-likeness (QED) is 0.430. The van der Waals surface area contributed by atoms with Crippen molar-refractivity contribution in [2.75, 3.05) is 0 Å². The molecular weight excluding hydrogens is 134 g/mol. The van der Waals surface area contributed by atoms with Crippen LogP contribution in [0.2, 0.25) is 0 Å². The van der Waals surface area contributed by atoms with Gasteiger partial charge in [0.1, 0.15) is 0 Å². The van der Waals surface area contributed by atoms with Gasteiger partial charge < -0.3 is 0 Å². The molecule has 0 N–H and O–H groups in total. The fourth-order valence-corrected chi connectivity index (χ4v) is 0.732. The molecule has 0 aliphatic rings. The van der Waals surface area contributed by atoms with Crippen molar-refractivity contribution in [3.63, 3.8) is 0 Å². The fourth-order valence-electron chi connectivity index (χ4n) is 0.732. The van der Waals surface area contributed by atoms with Gasteiger partial charge in [0.15, 0.2) is 0 Å². The Labute approximate surface area is 68.9 Å². The van der Waals surface area contributed by atoms with E-state index in [0.29, 0.717) is 0 Å². The van der Waals surface area contributed by atoms with Crippen LogP contribution in [0.3, 0.4) is 0 Å². The van der Waals surface area contributed by atoms with Gasteiger partial charge in [0.05, 0.1) is 0 Å². The highest BCUT2D eigenvalue weighted by Crippen LogP contribution is 2.09. The van der Waals surface area contributed by atoms with E-state index in [1.54, 1.807) is 12.3 Å². The van der Waals surface area contributed by atoms with Crippen molar-refractivity contribution in [3.05, 3.63) is 36.6 Å². The van der Waals surface area contributed by atoms with Crippen molar-refractivity contribution in [1.29, 1.82) is 0 Å². The molecule has 0 aromatic carbocycles. The molecule has 0 spiro atoms. The summed E-state index contributed by atoms with van der Waals surface area (Å²) in [6.45, 7) is 11.3. The van der Waals surface area contributed by atoms with E-state index in [0.717, 1.165) is 17.7 Å². The lowest BCUT2D eigenvalue weighted by Crippen LogP contribution is -1.80. The van der Waals surface area contributed by atoms with Gasteiger partial charge in [-0.3, -0.25) is 4.99 Å². The fraction of sp³-hybridized carbons (Fsp3) is 0.300. The van der Waals surface area contributed by atoms with E-state index < -0.39 is 0 Å². The average molecular weight is 149 g/mol. The summed E-state index contributed by atoms with van der Waals surface area (Å²) in [4.78, 5) is 4.20. The summed E-state index contributed by atoms with van der Waals surface area (Å²) in [5, 5.41) is 0. The maximum atomic E-state index is 4.20. The first kappa shape index (κ1) is 9.89. The highest BCUT2D eigenvalue weighted by Gasteiger charge is 1.91. The number of hydrogen-bond donors (Lipinski definition) is 0. The van der Waals surface area contributed by atoms with E-state index in [2.05, 4.69) is 25.1 Å². The predicted octanol–water partition coefficient (Wildman–Crippen LogP) is 3.11. The minimum absolute atomic E-state index is 0.933. The lowest BCUT2D eigenvalue weighted by molar-refractivity contribution is 1.04. The van der Waals surface area contributed by atoms with Crippen LogP contribution in [-0.2, 0) is 0 Å². The zero-order valence-corrected chi connectivity index (χ0v) is 7.30. The molecule has 0 fully saturated rings. The minimum atomic E-state index is 0.933. The molecule has 0 bridgehead atoms. The Kier molecular flexibility index (Phi) is 5.09. The van der Waals surface area contributed by atoms with Gasteiger partial charge in [-0.05, 0) is 18.9 Å². The largest absolute Gasteiger partial charge is 0.261 e. The Balaban J connectivity index is 4.50. The smallest absolute Gasteiger partial charge is 0.0429 e. The Morgan fingerprint density at radius 2 is 2.09 bits per heavy atom. The second-order valence-corrected chi connectivity index (χ2v) is 2.20. The Hall–Kier alpha value is -1.11. The van der Waals surface area contributed by atoms with Crippen LogP contribution in [0.1, 0.15) is 20.3 Å². The summed E-state index contributed by atoms with van der Waals surface area (Å²) in [6, 6.07) is 0. The zero-order chi connectivity index (χ0) is 8.69. The van der Waals surface area contributed by atoms with Gasteiger partial charge in [-0.1, -0.05) is 32.2 Å². The van der Waals surface area contributed by atoms with Crippen LogP contribution in [-0.4, -0.2) is 6.21 Å². The van der Waals surface area contributed by atoms with Crippen LogP contribution in [0.15, 0.2) is 41.6 Å².